The molecule has 3 nitrogen and oxygen atoms in total. The van der Waals surface area contributed by atoms with Gasteiger partial charge in [-0.25, -0.2) is 4.39 Å². The predicted octanol–water partition coefficient (Wildman–Crippen LogP) is 4.44. The molecule has 1 aliphatic heterocycles. The van der Waals surface area contributed by atoms with E-state index in [9.17, 15) is 14.3 Å². The van der Waals surface area contributed by atoms with E-state index in [0.29, 0.717) is 6.54 Å². The summed E-state index contributed by atoms with van der Waals surface area (Å²) in [5, 5.41) is 9.59. The number of halogens is 1. The molecule has 4 rings (SSSR count). The van der Waals surface area contributed by atoms with Crippen LogP contribution in [0, 0.1) is 5.82 Å². The minimum atomic E-state index is -0.328. The molecule has 0 unspecified atom stereocenters. The molecular formula is C23H20FNO2. The molecule has 0 spiro atoms. The number of nitrogens with zero attached hydrogens (tertiary/aromatic N) is 1. The lowest BCUT2D eigenvalue weighted by Crippen LogP contribution is -2.53. The lowest BCUT2D eigenvalue weighted by Gasteiger charge is -2.48. The van der Waals surface area contributed by atoms with Gasteiger partial charge in [0.2, 0.25) is 5.91 Å². The van der Waals surface area contributed by atoms with Gasteiger partial charge in [-0.3, -0.25) is 4.79 Å². The Hall–Kier alpha value is -3.14. The topological polar surface area (TPSA) is 40.5 Å². The number of amides is 1. The third kappa shape index (κ3) is 3.43. The van der Waals surface area contributed by atoms with E-state index in [-0.39, 0.29) is 29.4 Å². The van der Waals surface area contributed by atoms with E-state index in [4.69, 9.17) is 0 Å². The summed E-state index contributed by atoms with van der Waals surface area (Å²) in [5.41, 5.74) is 2.96. The van der Waals surface area contributed by atoms with Gasteiger partial charge in [0.05, 0.1) is 12.0 Å². The van der Waals surface area contributed by atoms with Crippen molar-refractivity contribution in [1.29, 1.82) is 0 Å². The Morgan fingerprint density at radius 3 is 2.15 bits per heavy atom. The first kappa shape index (κ1) is 17.3. The van der Waals surface area contributed by atoms with E-state index in [2.05, 4.69) is 12.1 Å². The van der Waals surface area contributed by atoms with Crippen molar-refractivity contribution in [3.8, 4) is 5.75 Å². The van der Waals surface area contributed by atoms with Gasteiger partial charge >= 0.3 is 0 Å². The van der Waals surface area contributed by atoms with E-state index in [1.54, 1.807) is 24.3 Å². The number of hydrogen-bond acceptors (Lipinski definition) is 2. The fourth-order valence-electron chi connectivity index (χ4n) is 3.73. The summed E-state index contributed by atoms with van der Waals surface area (Å²) in [6.07, 6.45) is 0.775. The summed E-state index contributed by atoms with van der Waals surface area (Å²) in [6, 6.07) is 23.1. The van der Waals surface area contributed by atoms with Crippen LogP contribution < -0.4 is 0 Å². The van der Waals surface area contributed by atoms with Crippen molar-refractivity contribution in [3.05, 3.63) is 101 Å². The largest absolute Gasteiger partial charge is 0.508 e. The molecule has 0 radical (unpaired) electrons. The molecule has 1 saturated heterocycles. The molecule has 3 aromatic rings. The molecular weight excluding hydrogens is 341 g/mol. The van der Waals surface area contributed by atoms with Gasteiger partial charge in [0.15, 0.2) is 0 Å². The molecule has 1 amide bonds. The number of phenols is 1. The van der Waals surface area contributed by atoms with Crippen molar-refractivity contribution >= 4 is 5.91 Å². The van der Waals surface area contributed by atoms with E-state index in [0.717, 1.165) is 17.5 Å². The first-order chi connectivity index (χ1) is 13.1. The SMILES string of the molecule is O=C1[C@@H](c2ccc(F)cc2)[C@H](c2ccc(O)cc2)N1CCc1ccccc1. The number of phenolic OH excluding ortho intramolecular Hbond substituents is 1. The minimum absolute atomic E-state index is 0.0515. The first-order valence-corrected chi connectivity index (χ1v) is 9.02. The van der Waals surface area contributed by atoms with Crippen LogP contribution in [-0.4, -0.2) is 22.5 Å². The molecule has 1 N–H and O–H groups in total. The van der Waals surface area contributed by atoms with Gasteiger partial charge in [0.25, 0.3) is 0 Å². The molecule has 2 atom stereocenters. The lowest BCUT2D eigenvalue weighted by atomic mass is 9.77. The summed E-state index contributed by atoms with van der Waals surface area (Å²) in [5.74, 6) is -0.396. The highest BCUT2D eigenvalue weighted by atomic mass is 19.1. The highest BCUT2D eigenvalue weighted by Crippen LogP contribution is 2.46. The van der Waals surface area contributed by atoms with Crippen molar-refractivity contribution in [1.82, 2.24) is 4.90 Å². The molecule has 0 aromatic heterocycles. The third-order valence-corrected chi connectivity index (χ3v) is 5.15. The predicted molar refractivity (Wildman–Crippen MR) is 102 cm³/mol. The smallest absolute Gasteiger partial charge is 0.233 e. The van der Waals surface area contributed by atoms with Crippen molar-refractivity contribution in [2.45, 2.75) is 18.4 Å². The molecule has 1 heterocycles. The maximum atomic E-state index is 13.3. The second kappa shape index (κ2) is 7.23. The zero-order chi connectivity index (χ0) is 18.8. The fraction of sp³-hybridized carbons (Fsp3) is 0.174. The van der Waals surface area contributed by atoms with Crippen LogP contribution in [0.1, 0.15) is 28.7 Å². The number of β-lactam (4-membered cyclic amide) rings is 1. The van der Waals surface area contributed by atoms with Crippen molar-refractivity contribution in [2.24, 2.45) is 0 Å². The van der Waals surface area contributed by atoms with Gasteiger partial charge in [-0.2, -0.15) is 0 Å². The molecule has 3 aromatic carbocycles. The number of carbonyl (C=O) groups is 1. The van der Waals surface area contributed by atoms with Crippen LogP contribution in [-0.2, 0) is 11.2 Å². The fourth-order valence-corrected chi connectivity index (χ4v) is 3.73. The molecule has 0 saturated carbocycles. The summed E-state index contributed by atoms with van der Waals surface area (Å²) in [6.45, 7) is 0.617. The molecule has 0 bridgehead atoms. The number of benzene rings is 3. The standard InChI is InChI=1S/C23H20FNO2/c24-19-10-6-17(7-11-19)21-22(18-8-12-20(26)13-9-18)25(23(21)27)15-14-16-4-2-1-3-5-16/h1-13,21-22,26H,14-15H2/t21-,22-/m0/s1. The molecule has 1 fully saturated rings. The van der Waals surface area contributed by atoms with Crippen LogP contribution in [0.4, 0.5) is 4.39 Å². The highest BCUT2D eigenvalue weighted by molar-refractivity contribution is 5.91. The highest BCUT2D eigenvalue weighted by Gasteiger charge is 2.48. The van der Waals surface area contributed by atoms with Crippen LogP contribution in [0.15, 0.2) is 78.9 Å². The maximum Gasteiger partial charge on any atom is 0.233 e. The van der Waals surface area contributed by atoms with E-state index >= 15 is 0 Å². The monoisotopic (exact) mass is 361 g/mol. The van der Waals surface area contributed by atoms with Crippen LogP contribution >= 0.6 is 0 Å². The second-order valence-electron chi connectivity index (χ2n) is 6.83. The zero-order valence-corrected chi connectivity index (χ0v) is 14.8. The Morgan fingerprint density at radius 1 is 0.852 bits per heavy atom. The number of hydrogen-bond donors (Lipinski definition) is 1. The average molecular weight is 361 g/mol. The maximum absolute atomic E-state index is 13.3. The summed E-state index contributed by atoms with van der Waals surface area (Å²) >= 11 is 0. The molecule has 0 aliphatic carbocycles. The Kier molecular flexibility index (Phi) is 4.63. The summed E-state index contributed by atoms with van der Waals surface area (Å²) in [7, 11) is 0. The van der Waals surface area contributed by atoms with E-state index < -0.39 is 0 Å². The Balaban J connectivity index is 1.61. The normalized spacial score (nSPS) is 19.0. The van der Waals surface area contributed by atoms with Crippen LogP contribution in [0.3, 0.4) is 0 Å². The van der Waals surface area contributed by atoms with Gasteiger partial charge < -0.3 is 10.0 Å². The number of carbonyl (C=O) groups excluding carboxylic acids is 1. The number of aromatic hydroxyl groups is 1. The summed E-state index contributed by atoms with van der Waals surface area (Å²) < 4.78 is 13.3. The summed E-state index contributed by atoms with van der Waals surface area (Å²) in [4.78, 5) is 14.8. The van der Waals surface area contributed by atoms with Crippen LogP contribution in [0.2, 0.25) is 0 Å². The van der Waals surface area contributed by atoms with E-state index in [1.807, 2.05) is 35.2 Å². The molecule has 27 heavy (non-hydrogen) atoms. The molecule has 136 valence electrons. The number of likely N-dealkylation sites (tertiary alicyclic amines) is 1. The average Bonchev–Trinajstić information content (AvgIpc) is 2.69. The van der Waals surface area contributed by atoms with E-state index in [1.165, 1.54) is 17.7 Å². The van der Waals surface area contributed by atoms with Crippen molar-refractivity contribution in [3.63, 3.8) is 0 Å². The Bertz CT molecular complexity index is 923. The van der Waals surface area contributed by atoms with Gasteiger partial charge in [-0.05, 0) is 47.4 Å². The third-order valence-electron chi connectivity index (χ3n) is 5.15. The lowest BCUT2D eigenvalue weighted by molar-refractivity contribution is -0.150. The first-order valence-electron chi connectivity index (χ1n) is 9.02. The minimum Gasteiger partial charge on any atom is -0.508 e. The van der Waals surface area contributed by atoms with Gasteiger partial charge in [-0.15, -0.1) is 0 Å². The molecule has 1 aliphatic rings. The van der Waals surface area contributed by atoms with Gasteiger partial charge in [0.1, 0.15) is 11.6 Å². The Morgan fingerprint density at radius 2 is 1.48 bits per heavy atom. The van der Waals surface area contributed by atoms with Crippen molar-refractivity contribution < 1.29 is 14.3 Å². The second-order valence-corrected chi connectivity index (χ2v) is 6.83. The molecule has 4 heteroatoms. The van der Waals surface area contributed by atoms with Crippen LogP contribution in [0.25, 0.3) is 0 Å². The van der Waals surface area contributed by atoms with Crippen LogP contribution in [0.5, 0.6) is 5.75 Å². The quantitative estimate of drug-likeness (QED) is 0.683. The zero-order valence-electron chi connectivity index (χ0n) is 14.8. The van der Waals surface area contributed by atoms with Crippen molar-refractivity contribution in [2.75, 3.05) is 6.54 Å². The van der Waals surface area contributed by atoms with Gasteiger partial charge in [-0.1, -0.05) is 54.6 Å². The Labute approximate surface area is 157 Å². The number of rotatable bonds is 5. The van der Waals surface area contributed by atoms with Gasteiger partial charge in [0, 0.05) is 6.54 Å².